The van der Waals surface area contributed by atoms with Gasteiger partial charge in [-0.25, -0.2) is 0 Å². The maximum absolute atomic E-state index is 11.8. The Hall–Kier alpha value is -1.20. The van der Waals surface area contributed by atoms with Gasteiger partial charge in [0.25, 0.3) is 0 Å². The Balaban J connectivity index is 3.25. The molecule has 0 fully saturated rings. The summed E-state index contributed by atoms with van der Waals surface area (Å²) in [5, 5.41) is 3.00. The number of allylic oxidation sites excluding steroid dienone is 1. The van der Waals surface area contributed by atoms with Crippen LogP contribution >= 0.6 is 0 Å². The summed E-state index contributed by atoms with van der Waals surface area (Å²) < 4.78 is 11.0. The summed E-state index contributed by atoms with van der Waals surface area (Å²) in [6.07, 6.45) is 8.69. The second kappa shape index (κ2) is 18.8. The zero-order chi connectivity index (χ0) is 21.9. The summed E-state index contributed by atoms with van der Waals surface area (Å²) >= 11 is 0. The molecule has 1 amide bonds. The van der Waals surface area contributed by atoms with E-state index in [-0.39, 0.29) is 17.6 Å². The highest BCUT2D eigenvalue weighted by molar-refractivity contribution is 5.80. The molecule has 170 valence electrons. The van der Waals surface area contributed by atoms with Crippen molar-refractivity contribution in [3.8, 4) is 0 Å². The SMILES string of the molecule is C=C(CCC(=O)NCCCCCCCCOCCOCCC(=O)C(C)C)C(C)C. The first-order valence-corrected chi connectivity index (χ1v) is 11.5. The minimum atomic E-state index is 0.0917. The molecule has 0 aromatic heterocycles. The zero-order valence-corrected chi connectivity index (χ0v) is 19.4. The third-order valence-electron chi connectivity index (χ3n) is 5.04. The molecule has 0 bridgehead atoms. The average molecular weight is 412 g/mol. The average Bonchev–Trinajstić information content (AvgIpc) is 2.68. The maximum atomic E-state index is 11.8. The third-order valence-corrected chi connectivity index (χ3v) is 5.04. The van der Waals surface area contributed by atoms with Crippen LogP contribution < -0.4 is 5.32 Å². The molecule has 0 aromatic carbocycles. The van der Waals surface area contributed by atoms with E-state index in [0.717, 1.165) is 44.4 Å². The smallest absolute Gasteiger partial charge is 0.220 e. The second-order valence-electron chi connectivity index (χ2n) is 8.38. The van der Waals surface area contributed by atoms with E-state index in [2.05, 4.69) is 25.7 Å². The Morgan fingerprint density at radius 2 is 1.31 bits per heavy atom. The highest BCUT2D eigenvalue weighted by Crippen LogP contribution is 2.12. The fraction of sp³-hybridized carbons (Fsp3) is 0.833. The number of hydrogen-bond donors (Lipinski definition) is 1. The van der Waals surface area contributed by atoms with Gasteiger partial charge in [-0.05, 0) is 25.2 Å². The van der Waals surface area contributed by atoms with Crippen LogP contribution in [0.1, 0.15) is 85.5 Å². The normalized spacial score (nSPS) is 11.2. The summed E-state index contributed by atoms with van der Waals surface area (Å²) in [6.45, 7) is 15.3. The molecule has 5 heteroatoms. The lowest BCUT2D eigenvalue weighted by atomic mass is 10.0. The van der Waals surface area contributed by atoms with E-state index in [1.807, 2.05) is 13.8 Å². The Kier molecular flexibility index (Phi) is 18.0. The van der Waals surface area contributed by atoms with Crippen LogP contribution in [-0.4, -0.2) is 44.7 Å². The fourth-order valence-corrected chi connectivity index (χ4v) is 2.70. The lowest BCUT2D eigenvalue weighted by molar-refractivity contribution is -0.123. The van der Waals surface area contributed by atoms with Crippen LogP contribution in [0.3, 0.4) is 0 Å². The van der Waals surface area contributed by atoms with Crippen LogP contribution in [0.5, 0.6) is 0 Å². The minimum Gasteiger partial charge on any atom is -0.379 e. The summed E-state index contributed by atoms with van der Waals surface area (Å²) in [4.78, 5) is 23.2. The number of ketones is 1. The number of ether oxygens (including phenoxy) is 2. The summed E-state index contributed by atoms with van der Waals surface area (Å²) in [5.74, 6) is 0.933. The van der Waals surface area contributed by atoms with Gasteiger partial charge in [0.15, 0.2) is 0 Å². The van der Waals surface area contributed by atoms with Gasteiger partial charge < -0.3 is 14.8 Å². The topological polar surface area (TPSA) is 64.6 Å². The predicted octanol–water partition coefficient (Wildman–Crippen LogP) is 5.08. The number of nitrogens with one attached hydrogen (secondary N) is 1. The molecule has 0 rings (SSSR count). The third kappa shape index (κ3) is 18.6. The molecule has 0 aliphatic heterocycles. The van der Waals surface area contributed by atoms with Crippen molar-refractivity contribution in [2.45, 2.75) is 85.5 Å². The van der Waals surface area contributed by atoms with Crippen LogP contribution in [0.25, 0.3) is 0 Å². The largest absolute Gasteiger partial charge is 0.379 e. The highest BCUT2D eigenvalue weighted by Gasteiger charge is 2.06. The van der Waals surface area contributed by atoms with Gasteiger partial charge in [0, 0.05) is 31.9 Å². The molecule has 0 radical (unpaired) electrons. The molecule has 0 unspecified atom stereocenters. The van der Waals surface area contributed by atoms with E-state index in [9.17, 15) is 9.59 Å². The van der Waals surface area contributed by atoms with Crippen molar-refractivity contribution in [2.75, 3.05) is 33.0 Å². The molecule has 0 aliphatic carbocycles. The number of unbranched alkanes of at least 4 members (excludes halogenated alkanes) is 5. The molecule has 0 heterocycles. The van der Waals surface area contributed by atoms with Crippen LogP contribution in [0.2, 0.25) is 0 Å². The van der Waals surface area contributed by atoms with Crippen molar-refractivity contribution in [1.29, 1.82) is 0 Å². The highest BCUT2D eigenvalue weighted by atomic mass is 16.5. The molecule has 0 spiro atoms. The van der Waals surface area contributed by atoms with E-state index < -0.39 is 0 Å². The predicted molar refractivity (Wildman–Crippen MR) is 120 cm³/mol. The number of rotatable bonds is 20. The number of hydrogen-bond acceptors (Lipinski definition) is 4. The molecular formula is C24H45NO4. The van der Waals surface area contributed by atoms with Crippen LogP contribution in [0.15, 0.2) is 12.2 Å². The number of carbonyl (C=O) groups excluding carboxylic acids is 2. The van der Waals surface area contributed by atoms with Crippen molar-refractivity contribution < 1.29 is 19.1 Å². The van der Waals surface area contributed by atoms with Crippen molar-refractivity contribution >= 4 is 11.7 Å². The molecule has 0 aliphatic rings. The van der Waals surface area contributed by atoms with E-state index in [4.69, 9.17) is 9.47 Å². The zero-order valence-electron chi connectivity index (χ0n) is 19.4. The Bertz CT molecular complexity index is 446. The van der Waals surface area contributed by atoms with Gasteiger partial charge in [-0.2, -0.15) is 0 Å². The quantitative estimate of drug-likeness (QED) is 0.224. The molecule has 29 heavy (non-hydrogen) atoms. The summed E-state index contributed by atoms with van der Waals surface area (Å²) in [6, 6.07) is 0. The van der Waals surface area contributed by atoms with Crippen LogP contribution in [0.4, 0.5) is 0 Å². The molecule has 0 saturated carbocycles. The van der Waals surface area contributed by atoms with Gasteiger partial charge in [-0.1, -0.05) is 65.5 Å². The molecule has 1 N–H and O–H groups in total. The molecule has 5 nitrogen and oxygen atoms in total. The monoisotopic (exact) mass is 411 g/mol. The standard InChI is InChI=1S/C24H45NO4/c1-20(2)22(5)12-13-24(27)25-15-10-8-6-7-9-11-16-28-18-19-29-17-14-23(26)21(3)4/h20-21H,5-19H2,1-4H3,(H,25,27). The van der Waals surface area contributed by atoms with Gasteiger partial charge in [-0.3, -0.25) is 9.59 Å². The summed E-state index contributed by atoms with van der Waals surface area (Å²) in [7, 11) is 0. The Labute approximate surface area is 179 Å². The first-order valence-electron chi connectivity index (χ1n) is 11.5. The van der Waals surface area contributed by atoms with E-state index in [1.165, 1.54) is 19.3 Å². The summed E-state index contributed by atoms with van der Waals surface area (Å²) in [5.41, 5.74) is 1.15. The number of carbonyl (C=O) groups is 2. The lowest BCUT2D eigenvalue weighted by Gasteiger charge is -2.09. The number of amides is 1. The number of Topliss-reactive ketones (excluding diaryl/α,β-unsaturated/α-hetero) is 1. The first kappa shape index (κ1) is 27.8. The van der Waals surface area contributed by atoms with Gasteiger partial charge in [-0.15, -0.1) is 0 Å². The van der Waals surface area contributed by atoms with Crippen molar-refractivity contribution in [1.82, 2.24) is 5.32 Å². The first-order chi connectivity index (χ1) is 13.8. The van der Waals surface area contributed by atoms with E-state index in [1.54, 1.807) is 0 Å². The van der Waals surface area contributed by atoms with Gasteiger partial charge in [0.2, 0.25) is 5.91 Å². The van der Waals surface area contributed by atoms with Crippen molar-refractivity contribution in [2.24, 2.45) is 11.8 Å². The minimum absolute atomic E-state index is 0.0917. The van der Waals surface area contributed by atoms with Gasteiger partial charge in [0.1, 0.15) is 5.78 Å². The van der Waals surface area contributed by atoms with Crippen LogP contribution in [0, 0.1) is 11.8 Å². The fourth-order valence-electron chi connectivity index (χ4n) is 2.70. The maximum Gasteiger partial charge on any atom is 0.220 e. The molecule has 0 atom stereocenters. The van der Waals surface area contributed by atoms with E-state index >= 15 is 0 Å². The second-order valence-corrected chi connectivity index (χ2v) is 8.38. The van der Waals surface area contributed by atoms with E-state index in [0.29, 0.717) is 38.6 Å². The van der Waals surface area contributed by atoms with Crippen molar-refractivity contribution in [3.05, 3.63) is 12.2 Å². The Morgan fingerprint density at radius 3 is 1.93 bits per heavy atom. The molecule has 0 aromatic rings. The lowest BCUT2D eigenvalue weighted by Crippen LogP contribution is -2.24. The van der Waals surface area contributed by atoms with Crippen molar-refractivity contribution in [3.63, 3.8) is 0 Å². The molecular weight excluding hydrogens is 366 g/mol. The Morgan fingerprint density at radius 1 is 0.724 bits per heavy atom. The van der Waals surface area contributed by atoms with Gasteiger partial charge >= 0.3 is 0 Å². The van der Waals surface area contributed by atoms with Gasteiger partial charge in [0.05, 0.1) is 19.8 Å². The van der Waals surface area contributed by atoms with Crippen LogP contribution in [-0.2, 0) is 19.1 Å². The molecule has 0 saturated heterocycles.